The molecule has 1 atom stereocenters. The normalized spacial score (nSPS) is 11.9. The van der Waals surface area contributed by atoms with E-state index in [4.69, 9.17) is 14.9 Å². The Morgan fingerprint density at radius 2 is 1.87 bits per heavy atom. The van der Waals surface area contributed by atoms with Crippen LogP contribution in [0.15, 0.2) is 30.3 Å². The molecule has 1 aromatic rings. The number of hydrogen-bond donors (Lipinski definition) is 3. The van der Waals surface area contributed by atoms with Crippen LogP contribution >= 0.6 is 0 Å². The fourth-order valence-corrected chi connectivity index (χ4v) is 1.66. The molecule has 3 N–H and O–H groups in total. The van der Waals surface area contributed by atoms with Gasteiger partial charge in [0.05, 0.1) is 13.0 Å². The van der Waals surface area contributed by atoms with Crippen LogP contribution in [-0.2, 0) is 14.4 Å². The van der Waals surface area contributed by atoms with Gasteiger partial charge in [-0.2, -0.15) is 0 Å². The van der Waals surface area contributed by atoms with E-state index >= 15 is 0 Å². The zero-order valence-corrected chi connectivity index (χ0v) is 12.7. The topological polar surface area (TPSA) is 113 Å². The van der Waals surface area contributed by atoms with E-state index in [2.05, 4.69) is 5.32 Å². The Morgan fingerprint density at radius 3 is 2.39 bits per heavy atom. The summed E-state index contributed by atoms with van der Waals surface area (Å²) in [6.07, 6.45) is 2.87. The number of amides is 1. The molecule has 0 spiro atoms. The van der Waals surface area contributed by atoms with Gasteiger partial charge in [0.15, 0.2) is 0 Å². The molecule has 0 saturated carbocycles. The number of rotatable bonds is 9. The number of hydrogen-bond acceptors (Lipinski definition) is 4. The van der Waals surface area contributed by atoms with Crippen molar-refractivity contribution >= 4 is 23.9 Å². The third-order valence-corrected chi connectivity index (χ3v) is 2.77. The van der Waals surface area contributed by atoms with Gasteiger partial charge in [0.2, 0.25) is 5.91 Å². The maximum absolute atomic E-state index is 11.6. The smallest absolute Gasteiger partial charge is 0.326 e. The third-order valence-electron chi connectivity index (χ3n) is 2.77. The molecule has 1 aromatic carbocycles. The maximum Gasteiger partial charge on any atom is 0.326 e. The van der Waals surface area contributed by atoms with E-state index in [0.29, 0.717) is 6.61 Å². The molecule has 1 rings (SSSR count). The average molecular weight is 321 g/mol. The lowest BCUT2D eigenvalue weighted by Gasteiger charge is -2.10. The fourth-order valence-electron chi connectivity index (χ4n) is 1.66. The van der Waals surface area contributed by atoms with Gasteiger partial charge in [-0.3, -0.25) is 9.59 Å². The SMILES string of the molecule is CCCOc1ccc(/C=C/C(=O)NC(CC(=O)O)C(=O)O)cc1. The Hall–Kier alpha value is -2.83. The lowest BCUT2D eigenvalue weighted by atomic mass is 10.2. The molecule has 23 heavy (non-hydrogen) atoms. The van der Waals surface area contributed by atoms with Crippen molar-refractivity contribution in [1.82, 2.24) is 5.32 Å². The molecule has 0 saturated heterocycles. The van der Waals surface area contributed by atoms with Gasteiger partial charge in [-0.25, -0.2) is 4.79 Å². The summed E-state index contributed by atoms with van der Waals surface area (Å²) in [6.45, 7) is 2.63. The minimum Gasteiger partial charge on any atom is -0.494 e. The Morgan fingerprint density at radius 1 is 1.22 bits per heavy atom. The van der Waals surface area contributed by atoms with Crippen molar-refractivity contribution in [2.45, 2.75) is 25.8 Å². The monoisotopic (exact) mass is 321 g/mol. The number of aliphatic carboxylic acids is 2. The molecule has 124 valence electrons. The number of ether oxygens (including phenoxy) is 1. The quantitative estimate of drug-likeness (QED) is 0.595. The molecule has 0 aromatic heterocycles. The van der Waals surface area contributed by atoms with Crippen molar-refractivity contribution in [2.24, 2.45) is 0 Å². The average Bonchev–Trinajstić information content (AvgIpc) is 2.50. The first-order valence-corrected chi connectivity index (χ1v) is 7.08. The summed E-state index contributed by atoms with van der Waals surface area (Å²) >= 11 is 0. The number of benzene rings is 1. The van der Waals surface area contributed by atoms with Gasteiger partial charge >= 0.3 is 11.9 Å². The van der Waals surface area contributed by atoms with Crippen molar-refractivity contribution in [2.75, 3.05) is 6.61 Å². The molecule has 7 heteroatoms. The molecule has 0 bridgehead atoms. The Balaban J connectivity index is 2.59. The molecular formula is C16H19NO6. The Kier molecular flexibility index (Phi) is 7.32. The van der Waals surface area contributed by atoms with E-state index in [1.165, 1.54) is 6.08 Å². The van der Waals surface area contributed by atoms with Crippen LogP contribution in [-0.4, -0.2) is 40.7 Å². The summed E-state index contributed by atoms with van der Waals surface area (Å²) in [7, 11) is 0. The lowest BCUT2D eigenvalue weighted by molar-refractivity contribution is -0.146. The second-order valence-electron chi connectivity index (χ2n) is 4.75. The number of nitrogens with one attached hydrogen (secondary N) is 1. The van der Waals surface area contributed by atoms with Crippen molar-refractivity contribution in [3.05, 3.63) is 35.9 Å². The Bertz CT molecular complexity index is 579. The van der Waals surface area contributed by atoms with Crippen LogP contribution in [0.25, 0.3) is 6.08 Å². The molecule has 0 aliphatic rings. The van der Waals surface area contributed by atoms with Crippen LogP contribution in [0.2, 0.25) is 0 Å². The molecule has 0 aliphatic heterocycles. The van der Waals surface area contributed by atoms with Crippen LogP contribution in [0.5, 0.6) is 5.75 Å². The predicted octanol–water partition coefficient (Wildman–Crippen LogP) is 1.53. The van der Waals surface area contributed by atoms with Gasteiger partial charge in [-0.15, -0.1) is 0 Å². The van der Waals surface area contributed by atoms with Crippen molar-refractivity contribution in [1.29, 1.82) is 0 Å². The van der Waals surface area contributed by atoms with Crippen molar-refractivity contribution < 1.29 is 29.3 Å². The van der Waals surface area contributed by atoms with Crippen LogP contribution in [0, 0.1) is 0 Å². The first-order chi connectivity index (χ1) is 10.9. The summed E-state index contributed by atoms with van der Waals surface area (Å²) in [6, 6.07) is 5.56. The second-order valence-corrected chi connectivity index (χ2v) is 4.75. The van der Waals surface area contributed by atoms with Crippen LogP contribution in [0.1, 0.15) is 25.3 Å². The highest BCUT2D eigenvalue weighted by molar-refractivity contribution is 5.95. The molecule has 0 heterocycles. The van der Waals surface area contributed by atoms with Crippen molar-refractivity contribution in [3.63, 3.8) is 0 Å². The molecule has 7 nitrogen and oxygen atoms in total. The van der Waals surface area contributed by atoms with Crippen LogP contribution in [0.3, 0.4) is 0 Å². The summed E-state index contributed by atoms with van der Waals surface area (Å²) < 4.78 is 5.43. The summed E-state index contributed by atoms with van der Waals surface area (Å²) in [5, 5.41) is 19.6. The fraction of sp³-hybridized carbons (Fsp3) is 0.312. The van der Waals surface area contributed by atoms with E-state index in [9.17, 15) is 14.4 Å². The molecule has 0 radical (unpaired) electrons. The molecule has 1 amide bonds. The van der Waals surface area contributed by atoms with E-state index in [-0.39, 0.29) is 0 Å². The maximum atomic E-state index is 11.6. The number of carbonyl (C=O) groups is 3. The molecular weight excluding hydrogens is 302 g/mol. The van der Waals surface area contributed by atoms with E-state index in [1.807, 2.05) is 6.92 Å². The standard InChI is InChI=1S/C16H19NO6/c1-2-9-23-12-6-3-11(4-7-12)5-8-14(18)17-13(16(21)22)10-15(19)20/h3-8,13H,2,9-10H2,1H3,(H,17,18)(H,19,20)(H,21,22)/b8-5+. The summed E-state index contributed by atoms with van der Waals surface area (Å²) in [4.78, 5) is 33.0. The van der Waals surface area contributed by atoms with E-state index < -0.39 is 30.3 Å². The third kappa shape index (κ3) is 7.12. The van der Waals surface area contributed by atoms with Gasteiger partial charge in [-0.05, 0) is 30.2 Å². The van der Waals surface area contributed by atoms with Crippen molar-refractivity contribution in [3.8, 4) is 5.75 Å². The summed E-state index contributed by atoms with van der Waals surface area (Å²) in [5.74, 6) is -2.65. The zero-order chi connectivity index (χ0) is 17.2. The molecule has 0 fully saturated rings. The van der Waals surface area contributed by atoms with Crippen LogP contribution < -0.4 is 10.1 Å². The molecule has 0 aliphatic carbocycles. The molecule has 1 unspecified atom stereocenters. The van der Waals surface area contributed by atoms with Gasteiger partial charge in [-0.1, -0.05) is 19.1 Å². The van der Waals surface area contributed by atoms with Gasteiger partial charge < -0.3 is 20.3 Å². The first-order valence-electron chi connectivity index (χ1n) is 7.08. The lowest BCUT2D eigenvalue weighted by Crippen LogP contribution is -2.41. The number of carbonyl (C=O) groups excluding carboxylic acids is 1. The predicted molar refractivity (Wildman–Crippen MR) is 83.1 cm³/mol. The number of carboxylic acids is 2. The highest BCUT2D eigenvalue weighted by Crippen LogP contribution is 2.13. The van der Waals surface area contributed by atoms with Gasteiger partial charge in [0.1, 0.15) is 11.8 Å². The second kappa shape index (κ2) is 9.24. The first kappa shape index (κ1) is 18.2. The number of carboxylic acid groups (broad SMARTS) is 2. The summed E-state index contributed by atoms with van der Waals surface area (Å²) in [5.41, 5.74) is 0.731. The Labute approximate surface area is 133 Å². The van der Waals surface area contributed by atoms with Crippen LogP contribution in [0.4, 0.5) is 0 Å². The van der Waals surface area contributed by atoms with Gasteiger partial charge in [0.25, 0.3) is 0 Å². The largest absolute Gasteiger partial charge is 0.494 e. The minimum absolute atomic E-state index is 0.623. The van der Waals surface area contributed by atoms with Gasteiger partial charge in [0, 0.05) is 6.08 Å². The zero-order valence-electron chi connectivity index (χ0n) is 12.7. The highest BCUT2D eigenvalue weighted by Gasteiger charge is 2.21. The van der Waals surface area contributed by atoms with E-state index in [1.54, 1.807) is 24.3 Å². The highest BCUT2D eigenvalue weighted by atomic mass is 16.5. The van der Waals surface area contributed by atoms with E-state index in [0.717, 1.165) is 23.8 Å². The minimum atomic E-state index is -1.46.